The van der Waals surface area contributed by atoms with Gasteiger partial charge in [-0.2, -0.15) is 0 Å². The Morgan fingerprint density at radius 1 is 1.25 bits per heavy atom. The topological polar surface area (TPSA) is 98.8 Å². The molecule has 0 radical (unpaired) electrons. The maximum absolute atomic E-state index is 11.6. The summed E-state index contributed by atoms with van der Waals surface area (Å²) in [6.45, 7) is 0. The second kappa shape index (κ2) is 4.50. The van der Waals surface area contributed by atoms with E-state index in [4.69, 9.17) is 11.6 Å². The number of halogens is 1. The van der Waals surface area contributed by atoms with Crippen molar-refractivity contribution in [1.82, 2.24) is 15.2 Å². The summed E-state index contributed by atoms with van der Waals surface area (Å²) < 4.78 is 0. The predicted octanol–water partition coefficient (Wildman–Crippen LogP) is 2.27. The molecule has 3 rings (SSSR count). The molecule has 7 heteroatoms. The Labute approximate surface area is 117 Å². The second-order valence-electron chi connectivity index (χ2n) is 4.14. The number of carboxylic acid groups (broad SMARTS) is 1. The van der Waals surface area contributed by atoms with Gasteiger partial charge in [-0.25, -0.2) is 9.78 Å². The Morgan fingerprint density at radius 3 is 2.70 bits per heavy atom. The Hall–Kier alpha value is -2.60. The van der Waals surface area contributed by atoms with Gasteiger partial charge in [0.15, 0.2) is 5.65 Å². The lowest BCUT2D eigenvalue weighted by Crippen LogP contribution is -2.06. The molecule has 1 aromatic carbocycles. The van der Waals surface area contributed by atoms with E-state index in [2.05, 4.69) is 15.2 Å². The lowest BCUT2D eigenvalue weighted by Gasteiger charge is -2.05. The lowest BCUT2D eigenvalue weighted by atomic mass is 10.1. The molecule has 0 aliphatic carbocycles. The van der Waals surface area contributed by atoms with E-state index < -0.39 is 11.5 Å². The number of aromatic nitrogens is 3. The molecule has 0 fully saturated rings. The van der Waals surface area contributed by atoms with E-state index in [1.165, 1.54) is 6.07 Å². The molecule has 0 aliphatic heterocycles. The minimum atomic E-state index is -1.20. The Morgan fingerprint density at radius 2 is 2.00 bits per heavy atom. The molecule has 2 aromatic heterocycles. The molecule has 2 heterocycles. The van der Waals surface area contributed by atoms with Gasteiger partial charge in [-0.3, -0.25) is 15.0 Å². The maximum Gasteiger partial charge on any atom is 0.336 e. The number of aromatic amines is 2. The van der Waals surface area contributed by atoms with Gasteiger partial charge in [-0.15, -0.1) is 0 Å². The number of aromatic carboxylic acids is 1. The van der Waals surface area contributed by atoms with Crippen molar-refractivity contribution in [3.05, 3.63) is 51.3 Å². The molecule has 0 amide bonds. The zero-order valence-electron chi connectivity index (χ0n) is 9.98. The van der Waals surface area contributed by atoms with E-state index in [0.717, 1.165) is 0 Å². The fourth-order valence-electron chi connectivity index (χ4n) is 2.02. The van der Waals surface area contributed by atoms with E-state index in [-0.39, 0.29) is 16.6 Å². The van der Waals surface area contributed by atoms with Crippen molar-refractivity contribution in [1.29, 1.82) is 0 Å². The molecule has 6 nitrogen and oxygen atoms in total. The summed E-state index contributed by atoms with van der Waals surface area (Å²) >= 11 is 6.08. The Balaban J connectivity index is 2.37. The van der Waals surface area contributed by atoms with Crippen LogP contribution in [0.15, 0.2) is 35.1 Å². The summed E-state index contributed by atoms with van der Waals surface area (Å²) in [6.07, 6.45) is 0. The van der Waals surface area contributed by atoms with E-state index in [9.17, 15) is 14.7 Å². The minimum Gasteiger partial charge on any atom is -0.478 e. The van der Waals surface area contributed by atoms with Gasteiger partial charge < -0.3 is 5.11 Å². The molecule has 0 atom stereocenters. The number of rotatable bonds is 2. The fraction of sp³-hybridized carbons (Fsp3) is 0. The summed E-state index contributed by atoms with van der Waals surface area (Å²) in [5.74, 6) is -1.20. The van der Waals surface area contributed by atoms with Crippen LogP contribution in [0.25, 0.3) is 22.3 Å². The highest BCUT2D eigenvalue weighted by molar-refractivity contribution is 6.33. The molecule has 0 bridgehead atoms. The predicted molar refractivity (Wildman–Crippen MR) is 74.1 cm³/mol. The van der Waals surface area contributed by atoms with Crippen LogP contribution in [-0.2, 0) is 0 Å². The number of H-pyrrole nitrogens is 2. The molecule has 20 heavy (non-hydrogen) atoms. The van der Waals surface area contributed by atoms with E-state index in [1.807, 2.05) is 0 Å². The van der Waals surface area contributed by atoms with Crippen molar-refractivity contribution in [3.63, 3.8) is 0 Å². The molecular weight excluding hydrogens is 282 g/mol. The molecule has 3 N–H and O–H groups in total. The van der Waals surface area contributed by atoms with Crippen LogP contribution in [0.1, 0.15) is 10.4 Å². The summed E-state index contributed by atoms with van der Waals surface area (Å²) in [5.41, 5.74) is 0.532. The van der Waals surface area contributed by atoms with Crippen molar-refractivity contribution in [2.45, 2.75) is 0 Å². The molecule has 0 aliphatic rings. The third-order valence-corrected chi connectivity index (χ3v) is 3.25. The number of nitrogens with zero attached hydrogens (tertiary/aromatic N) is 1. The van der Waals surface area contributed by atoms with Gasteiger partial charge >= 0.3 is 5.97 Å². The molecule has 3 aromatic rings. The van der Waals surface area contributed by atoms with Crippen LogP contribution in [0.5, 0.6) is 0 Å². The van der Waals surface area contributed by atoms with Crippen LogP contribution < -0.4 is 5.56 Å². The summed E-state index contributed by atoms with van der Waals surface area (Å²) in [6, 6.07) is 8.29. The highest BCUT2D eigenvalue weighted by Gasteiger charge is 2.17. The van der Waals surface area contributed by atoms with Gasteiger partial charge in [0.2, 0.25) is 0 Å². The standard InChI is InChI=1S/C13H8ClN3O3/c14-8-4-2-1-3-6(8)9-5-7(13(19)20)10-11(15-9)16-17-12(10)18/h1-5H,(H,19,20)(H2,15,16,17,18). The number of hydrogen-bond acceptors (Lipinski definition) is 3. The van der Waals surface area contributed by atoms with E-state index >= 15 is 0 Å². The van der Waals surface area contributed by atoms with Crippen LogP contribution in [0, 0.1) is 0 Å². The highest BCUT2D eigenvalue weighted by Crippen LogP contribution is 2.28. The number of pyridine rings is 1. The van der Waals surface area contributed by atoms with Gasteiger partial charge in [0.05, 0.1) is 16.6 Å². The Kier molecular flexibility index (Phi) is 2.80. The maximum atomic E-state index is 11.6. The molecule has 0 spiro atoms. The monoisotopic (exact) mass is 289 g/mol. The first-order chi connectivity index (χ1) is 9.58. The van der Waals surface area contributed by atoms with Crippen molar-refractivity contribution in [2.75, 3.05) is 0 Å². The normalized spacial score (nSPS) is 10.8. The first-order valence-electron chi connectivity index (χ1n) is 5.67. The third-order valence-electron chi connectivity index (χ3n) is 2.92. The average Bonchev–Trinajstić information content (AvgIpc) is 2.80. The molecule has 0 saturated carbocycles. The van der Waals surface area contributed by atoms with Gasteiger partial charge in [0.25, 0.3) is 5.56 Å². The van der Waals surface area contributed by atoms with Gasteiger partial charge in [0, 0.05) is 10.6 Å². The van der Waals surface area contributed by atoms with Crippen molar-refractivity contribution in [3.8, 4) is 11.3 Å². The number of nitrogens with one attached hydrogen (secondary N) is 2. The van der Waals surface area contributed by atoms with E-state index in [0.29, 0.717) is 16.3 Å². The van der Waals surface area contributed by atoms with Crippen molar-refractivity contribution < 1.29 is 9.90 Å². The summed E-state index contributed by atoms with van der Waals surface area (Å²) in [7, 11) is 0. The number of fused-ring (bicyclic) bond motifs is 1. The average molecular weight is 290 g/mol. The Bertz CT molecular complexity index is 882. The van der Waals surface area contributed by atoms with Crippen LogP contribution in [0.2, 0.25) is 5.02 Å². The summed E-state index contributed by atoms with van der Waals surface area (Å²) in [5, 5.41) is 14.6. The second-order valence-corrected chi connectivity index (χ2v) is 4.55. The highest BCUT2D eigenvalue weighted by atomic mass is 35.5. The third kappa shape index (κ3) is 1.86. The quantitative estimate of drug-likeness (QED) is 0.674. The van der Waals surface area contributed by atoms with Gasteiger partial charge in [-0.1, -0.05) is 29.8 Å². The fourth-order valence-corrected chi connectivity index (χ4v) is 2.25. The number of carbonyl (C=O) groups is 1. The smallest absolute Gasteiger partial charge is 0.336 e. The molecule has 0 saturated heterocycles. The van der Waals surface area contributed by atoms with Gasteiger partial charge in [-0.05, 0) is 12.1 Å². The zero-order chi connectivity index (χ0) is 14.3. The summed E-state index contributed by atoms with van der Waals surface area (Å²) in [4.78, 5) is 27.1. The van der Waals surface area contributed by atoms with Crippen molar-refractivity contribution >= 4 is 28.6 Å². The van der Waals surface area contributed by atoms with Gasteiger partial charge in [0.1, 0.15) is 0 Å². The zero-order valence-corrected chi connectivity index (χ0v) is 10.7. The molecule has 0 unspecified atom stereocenters. The number of benzene rings is 1. The van der Waals surface area contributed by atoms with Crippen LogP contribution in [0.4, 0.5) is 0 Å². The molecular formula is C13H8ClN3O3. The van der Waals surface area contributed by atoms with Crippen LogP contribution in [-0.4, -0.2) is 26.3 Å². The largest absolute Gasteiger partial charge is 0.478 e. The SMILES string of the molecule is O=C(O)c1cc(-c2ccccc2Cl)nc2[nH][nH]c(=O)c12. The van der Waals surface area contributed by atoms with E-state index in [1.54, 1.807) is 24.3 Å². The molecule has 100 valence electrons. The van der Waals surface area contributed by atoms with Crippen LogP contribution >= 0.6 is 11.6 Å². The number of hydrogen-bond donors (Lipinski definition) is 3. The lowest BCUT2D eigenvalue weighted by molar-refractivity contribution is 0.0699. The van der Waals surface area contributed by atoms with Crippen molar-refractivity contribution in [2.24, 2.45) is 0 Å². The van der Waals surface area contributed by atoms with Crippen LogP contribution in [0.3, 0.4) is 0 Å². The first kappa shape index (κ1) is 12.4. The number of carboxylic acids is 1. The minimum absolute atomic E-state index is 0.0216. The first-order valence-corrected chi connectivity index (χ1v) is 6.05.